The summed E-state index contributed by atoms with van der Waals surface area (Å²) >= 11 is 23.6. The van der Waals surface area contributed by atoms with E-state index in [9.17, 15) is 0 Å². The average molecular weight is 522 g/mol. The van der Waals surface area contributed by atoms with Crippen molar-refractivity contribution in [2.45, 2.75) is 32.8 Å². The smallest absolute Gasteiger partial charge is 0.213 e. The molecule has 0 unspecified atom stereocenters. The van der Waals surface area contributed by atoms with E-state index < -0.39 is 0 Å². The van der Waals surface area contributed by atoms with Crippen molar-refractivity contribution >= 4 is 52.6 Å². The van der Waals surface area contributed by atoms with E-state index in [0.29, 0.717) is 53.5 Å². The first kappa shape index (κ1) is 26.4. The van der Waals surface area contributed by atoms with E-state index >= 15 is 0 Å². The molecule has 10 heteroatoms. The zero-order valence-electron chi connectivity index (χ0n) is 17.7. The van der Waals surface area contributed by atoms with Crippen LogP contribution in [0.1, 0.15) is 25.8 Å². The molecule has 0 N–H and O–H groups in total. The second-order valence-electron chi connectivity index (χ2n) is 6.72. The van der Waals surface area contributed by atoms with Crippen LogP contribution in [0.2, 0.25) is 10.0 Å². The quantitative estimate of drug-likeness (QED) is 0.163. The topological polar surface area (TPSA) is 62.2 Å². The molecular formula is C22H24Cl4N2O4. The number of benzene rings is 1. The summed E-state index contributed by atoms with van der Waals surface area (Å²) in [5.74, 6) is 1.40. The number of pyridine rings is 1. The number of aromatic nitrogens is 1. The van der Waals surface area contributed by atoms with E-state index in [-0.39, 0.29) is 17.2 Å². The van der Waals surface area contributed by atoms with Gasteiger partial charge >= 0.3 is 0 Å². The van der Waals surface area contributed by atoms with Crippen molar-refractivity contribution in [3.05, 3.63) is 56.6 Å². The Morgan fingerprint density at radius 1 is 1.06 bits per heavy atom. The number of oxime groups is 1. The highest BCUT2D eigenvalue weighted by Crippen LogP contribution is 2.37. The fourth-order valence-electron chi connectivity index (χ4n) is 2.29. The molecule has 0 fully saturated rings. The van der Waals surface area contributed by atoms with Gasteiger partial charge in [0.25, 0.3) is 0 Å². The lowest BCUT2D eigenvalue weighted by atomic mass is 10.2. The highest BCUT2D eigenvalue weighted by molar-refractivity contribution is 6.55. The lowest BCUT2D eigenvalue weighted by Crippen LogP contribution is -2.06. The van der Waals surface area contributed by atoms with Gasteiger partial charge in [0, 0.05) is 43.5 Å². The summed E-state index contributed by atoms with van der Waals surface area (Å²) in [6.07, 6.45) is 6.27. The van der Waals surface area contributed by atoms with Crippen LogP contribution in [-0.4, -0.2) is 37.1 Å². The van der Waals surface area contributed by atoms with Crippen molar-refractivity contribution in [1.82, 2.24) is 4.98 Å². The molecule has 0 aliphatic carbocycles. The first-order valence-corrected chi connectivity index (χ1v) is 11.4. The minimum Gasteiger partial charge on any atom is -0.490 e. The molecule has 1 aromatic carbocycles. The largest absolute Gasteiger partial charge is 0.490 e. The molecule has 0 bridgehead atoms. The van der Waals surface area contributed by atoms with E-state index in [1.807, 2.05) is 26.0 Å². The van der Waals surface area contributed by atoms with E-state index in [1.165, 1.54) is 6.08 Å². The van der Waals surface area contributed by atoms with E-state index in [0.717, 1.165) is 5.56 Å². The maximum absolute atomic E-state index is 6.25. The highest BCUT2D eigenvalue weighted by Gasteiger charge is 2.11. The van der Waals surface area contributed by atoms with Crippen LogP contribution < -0.4 is 14.2 Å². The Morgan fingerprint density at radius 2 is 1.78 bits per heavy atom. The zero-order valence-corrected chi connectivity index (χ0v) is 20.7. The SMILES string of the molecule is CC(C)ON=CCc1ccc(OCCCOc2c(Cl)cc(OCC=C(Cl)Cl)cc2Cl)nc1. The van der Waals surface area contributed by atoms with Gasteiger partial charge < -0.3 is 19.0 Å². The van der Waals surface area contributed by atoms with E-state index in [2.05, 4.69) is 10.1 Å². The van der Waals surface area contributed by atoms with Crippen LogP contribution in [0.25, 0.3) is 0 Å². The van der Waals surface area contributed by atoms with Crippen LogP contribution in [0.3, 0.4) is 0 Å². The molecule has 0 saturated carbocycles. The minimum absolute atomic E-state index is 0.0635. The number of nitrogens with zero attached hydrogens (tertiary/aromatic N) is 2. The highest BCUT2D eigenvalue weighted by atomic mass is 35.5. The van der Waals surface area contributed by atoms with Crippen molar-refractivity contribution in [3.8, 4) is 17.4 Å². The predicted octanol–water partition coefficient (Wildman–Crippen LogP) is 6.89. The van der Waals surface area contributed by atoms with Gasteiger partial charge in [-0.2, -0.15) is 0 Å². The molecule has 0 radical (unpaired) electrons. The molecule has 6 nitrogen and oxygen atoms in total. The summed E-state index contributed by atoms with van der Waals surface area (Å²) in [5.41, 5.74) is 1.01. The van der Waals surface area contributed by atoms with Crippen molar-refractivity contribution < 1.29 is 19.0 Å². The molecule has 0 spiro atoms. The Morgan fingerprint density at radius 3 is 2.41 bits per heavy atom. The van der Waals surface area contributed by atoms with Gasteiger partial charge in [0.1, 0.15) is 23.0 Å². The Hall–Kier alpha value is -1.86. The van der Waals surface area contributed by atoms with Crippen LogP contribution >= 0.6 is 46.4 Å². The molecule has 2 aromatic rings. The molecule has 1 heterocycles. The van der Waals surface area contributed by atoms with Crippen LogP contribution in [0.15, 0.2) is 46.2 Å². The lowest BCUT2D eigenvalue weighted by Gasteiger charge is -2.12. The van der Waals surface area contributed by atoms with Crippen molar-refractivity contribution in [2.75, 3.05) is 19.8 Å². The van der Waals surface area contributed by atoms with Crippen molar-refractivity contribution in [3.63, 3.8) is 0 Å². The minimum atomic E-state index is 0.0635. The molecule has 0 saturated heterocycles. The van der Waals surface area contributed by atoms with Gasteiger partial charge in [-0.1, -0.05) is 57.6 Å². The number of rotatable bonds is 13. The van der Waals surface area contributed by atoms with Crippen molar-refractivity contribution in [2.24, 2.45) is 5.16 Å². The third-order valence-corrected chi connectivity index (χ3v) is 4.59. The van der Waals surface area contributed by atoms with Gasteiger partial charge in [-0.3, -0.25) is 0 Å². The maximum Gasteiger partial charge on any atom is 0.213 e. The third kappa shape index (κ3) is 10.2. The summed E-state index contributed by atoms with van der Waals surface area (Å²) in [4.78, 5) is 9.40. The molecule has 2 rings (SSSR count). The standard InChI is InChI=1S/C22H24Cl4N2O4/c1-15(2)32-28-8-6-16-4-5-21(27-14-16)30-9-3-10-31-22-18(23)12-17(13-19(22)24)29-11-7-20(25)26/h4-5,7-8,12-15H,3,6,9-11H2,1-2H3. The predicted molar refractivity (Wildman–Crippen MR) is 130 cm³/mol. The van der Waals surface area contributed by atoms with Gasteiger partial charge in [-0.25, -0.2) is 4.98 Å². The second kappa shape index (κ2) is 14.3. The Balaban J connectivity index is 1.72. The normalized spacial score (nSPS) is 11.0. The zero-order chi connectivity index (χ0) is 23.3. The summed E-state index contributed by atoms with van der Waals surface area (Å²) in [6.45, 7) is 4.84. The van der Waals surface area contributed by atoms with Crippen LogP contribution in [0.5, 0.6) is 17.4 Å². The third-order valence-electron chi connectivity index (χ3n) is 3.72. The molecule has 0 atom stereocenters. The van der Waals surface area contributed by atoms with Crippen LogP contribution in [-0.2, 0) is 11.3 Å². The first-order chi connectivity index (χ1) is 15.3. The first-order valence-electron chi connectivity index (χ1n) is 9.86. The number of halogens is 4. The molecular weight excluding hydrogens is 498 g/mol. The van der Waals surface area contributed by atoms with Gasteiger partial charge in [0.2, 0.25) is 5.88 Å². The average Bonchev–Trinajstić information content (AvgIpc) is 2.73. The summed E-state index contributed by atoms with van der Waals surface area (Å²) in [5, 5.41) is 4.57. The molecule has 32 heavy (non-hydrogen) atoms. The van der Waals surface area contributed by atoms with Crippen LogP contribution in [0.4, 0.5) is 0 Å². The fraction of sp³-hybridized carbons (Fsp3) is 0.364. The fourth-order valence-corrected chi connectivity index (χ4v) is 3.00. The molecule has 0 aliphatic heterocycles. The molecule has 1 aromatic heterocycles. The monoisotopic (exact) mass is 520 g/mol. The van der Waals surface area contributed by atoms with E-state index in [1.54, 1.807) is 24.5 Å². The van der Waals surface area contributed by atoms with Gasteiger partial charge in [0.15, 0.2) is 5.75 Å². The Kier molecular flexibility index (Phi) is 11.8. The Bertz CT molecular complexity index is 878. The summed E-state index contributed by atoms with van der Waals surface area (Å²) in [6, 6.07) is 6.97. The van der Waals surface area contributed by atoms with Gasteiger partial charge in [0.05, 0.1) is 23.3 Å². The molecule has 174 valence electrons. The number of hydrogen-bond donors (Lipinski definition) is 0. The lowest BCUT2D eigenvalue weighted by molar-refractivity contribution is 0.0869. The maximum atomic E-state index is 6.25. The molecule has 0 aliphatic rings. The summed E-state index contributed by atoms with van der Waals surface area (Å²) in [7, 11) is 0. The van der Waals surface area contributed by atoms with E-state index in [4.69, 9.17) is 65.5 Å². The molecule has 0 amide bonds. The Labute approximate surface area is 208 Å². The van der Waals surface area contributed by atoms with Gasteiger partial charge in [-0.15, -0.1) is 0 Å². The number of ether oxygens (including phenoxy) is 3. The number of hydrogen-bond acceptors (Lipinski definition) is 6. The van der Waals surface area contributed by atoms with Crippen molar-refractivity contribution in [1.29, 1.82) is 0 Å². The van der Waals surface area contributed by atoms with Gasteiger partial charge in [-0.05, 0) is 25.5 Å². The second-order valence-corrected chi connectivity index (χ2v) is 8.54. The summed E-state index contributed by atoms with van der Waals surface area (Å²) < 4.78 is 16.9. The van der Waals surface area contributed by atoms with Crippen LogP contribution in [0, 0.1) is 0 Å².